The van der Waals surface area contributed by atoms with Gasteiger partial charge in [-0.3, -0.25) is 4.79 Å². The average Bonchev–Trinajstić information content (AvgIpc) is 2.36. The molecule has 0 aliphatic carbocycles. The zero-order chi connectivity index (χ0) is 13.5. The predicted octanol–water partition coefficient (Wildman–Crippen LogP) is 2.08. The van der Waals surface area contributed by atoms with Gasteiger partial charge >= 0.3 is 5.97 Å². The number of aromatic carboxylic acids is 1. The highest BCUT2D eigenvalue weighted by molar-refractivity contribution is 7.98. The summed E-state index contributed by atoms with van der Waals surface area (Å²) in [4.78, 5) is 22.6. The molecule has 5 nitrogen and oxygen atoms in total. The minimum atomic E-state index is -1.10. The fourth-order valence-electron chi connectivity index (χ4n) is 1.34. The number of carbonyl (C=O) groups is 2. The largest absolute Gasteiger partial charge is 0.497 e. The smallest absolute Gasteiger partial charge is 0.337 e. The molecule has 1 aromatic rings. The average molecular weight is 269 g/mol. The molecule has 0 radical (unpaired) electrons. The normalized spacial score (nSPS) is 9.89. The van der Waals surface area contributed by atoms with Gasteiger partial charge < -0.3 is 15.2 Å². The third-order valence-electron chi connectivity index (χ3n) is 2.26. The molecule has 0 spiro atoms. The molecular formula is C12H15NO4S. The fraction of sp³-hybridized carbons (Fsp3) is 0.333. The van der Waals surface area contributed by atoms with Crippen molar-refractivity contribution < 1.29 is 19.4 Å². The van der Waals surface area contributed by atoms with Crippen LogP contribution >= 0.6 is 11.8 Å². The Morgan fingerprint density at radius 2 is 2.17 bits per heavy atom. The summed E-state index contributed by atoms with van der Waals surface area (Å²) < 4.78 is 4.95. The zero-order valence-electron chi connectivity index (χ0n) is 10.2. The van der Waals surface area contributed by atoms with E-state index in [0.29, 0.717) is 17.9 Å². The van der Waals surface area contributed by atoms with E-state index in [2.05, 4.69) is 5.32 Å². The zero-order valence-corrected chi connectivity index (χ0v) is 11.0. The van der Waals surface area contributed by atoms with Crippen molar-refractivity contribution in [2.75, 3.05) is 24.4 Å². The summed E-state index contributed by atoms with van der Waals surface area (Å²) in [6.07, 6.45) is 2.26. The Kier molecular flexibility index (Phi) is 5.51. The van der Waals surface area contributed by atoms with Crippen molar-refractivity contribution >= 4 is 29.3 Å². The Bertz CT molecular complexity index is 448. The summed E-state index contributed by atoms with van der Waals surface area (Å²) >= 11 is 1.56. The number of ether oxygens (including phenoxy) is 1. The second-order valence-electron chi connectivity index (χ2n) is 3.51. The molecule has 0 saturated heterocycles. The lowest BCUT2D eigenvalue weighted by atomic mass is 10.1. The molecular weight excluding hydrogens is 254 g/mol. The summed E-state index contributed by atoms with van der Waals surface area (Å²) in [6, 6.07) is 4.52. The van der Waals surface area contributed by atoms with Gasteiger partial charge in [-0.2, -0.15) is 11.8 Å². The van der Waals surface area contributed by atoms with Crippen molar-refractivity contribution in [1.82, 2.24) is 0 Å². The van der Waals surface area contributed by atoms with Crippen LogP contribution in [0.3, 0.4) is 0 Å². The van der Waals surface area contributed by atoms with Gasteiger partial charge in [-0.15, -0.1) is 0 Å². The van der Waals surface area contributed by atoms with Gasteiger partial charge in [0.2, 0.25) is 5.91 Å². The second kappa shape index (κ2) is 6.90. The molecule has 1 rings (SSSR count). The number of carboxylic acids is 1. The van der Waals surface area contributed by atoms with Crippen LogP contribution in [0.2, 0.25) is 0 Å². The number of thioether (sulfide) groups is 1. The molecule has 0 aliphatic rings. The standard InChI is InChI=1S/C12H15NO4S/c1-17-8-3-4-10(9(7-8)12(15)16)13-11(14)5-6-18-2/h3-4,7H,5-6H2,1-2H3,(H,13,14)(H,15,16). The highest BCUT2D eigenvalue weighted by atomic mass is 32.2. The van der Waals surface area contributed by atoms with Crippen LogP contribution in [-0.4, -0.2) is 36.1 Å². The number of rotatable bonds is 6. The molecule has 0 heterocycles. The molecule has 0 saturated carbocycles. The molecule has 2 N–H and O–H groups in total. The Morgan fingerprint density at radius 1 is 1.44 bits per heavy atom. The predicted molar refractivity (Wildman–Crippen MR) is 71.6 cm³/mol. The molecule has 6 heteroatoms. The highest BCUT2D eigenvalue weighted by Crippen LogP contribution is 2.22. The lowest BCUT2D eigenvalue weighted by Crippen LogP contribution is -2.15. The van der Waals surface area contributed by atoms with E-state index in [0.717, 1.165) is 0 Å². The van der Waals surface area contributed by atoms with Crippen LogP contribution in [0.1, 0.15) is 16.8 Å². The number of hydrogen-bond donors (Lipinski definition) is 2. The molecule has 0 aromatic heterocycles. The Labute approximate surface area is 110 Å². The first-order valence-electron chi connectivity index (χ1n) is 5.28. The molecule has 1 amide bonds. The number of nitrogens with one attached hydrogen (secondary N) is 1. The van der Waals surface area contributed by atoms with Gasteiger partial charge in [0.25, 0.3) is 0 Å². The Balaban J connectivity index is 2.87. The lowest BCUT2D eigenvalue weighted by Gasteiger charge is -2.09. The van der Waals surface area contributed by atoms with E-state index in [1.807, 2.05) is 6.26 Å². The molecule has 98 valence electrons. The molecule has 0 aliphatic heterocycles. The van der Waals surface area contributed by atoms with E-state index in [4.69, 9.17) is 9.84 Å². The second-order valence-corrected chi connectivity index (χ2v) is 4.49. The molecule has 0 atom stereocenters. The summed E-state index contributed by atoms with van der Waals surface area (Å²) in [5, 5.41) is 11.7. The third kappa shape index (κ3) is 3.96. The van der Waals surface area contributed by atoms with Gasteiger partial charge in [-0.1, -0.05) is 0 Å². The van der Waals surface area contributed by atoms with Crippen LogP contribution in [0.5, 0.6) is 5.75 Å². The summed E-state index contributed by atoms with van der Waals surface area (Å²) in [5.74, 6) is -0.162. The number of benzene rings is 1. The molecule has 0 bridgehead atoms. The minimum Gasteiger partial charge on any atom is -0.497 e. The van der Waals surface area contributed by atoms with Crippen molar-refractivity contribution in [3.05, 3.63) is 23.8 Å². The van der Waals surface area contributed by atoms with E-state index >= 15 is 0 Å². The van der Waals surface area contributed by atoms with E-state index in [1.165, 1.54) is 19.2 Å². The SMILES string of the molecule is COc1ccc(NC(=O)CCSC)c(C(=O)O)c1. The van der Waals surface area contributed by atoms with Crippen LogP contribution in [0.4, 0.5) is 5.69 Å². The van der Waals surface area contributed by atoms with Crippen LogP contribution in [-0.2, 0) is 4.79 Å². The van der Waals surface area contributed by atoms with Crippen molar-refractivity contribution in [2.24, 2.45) is 0 Å². The number of carbonyl (C=O) groups excluding carboxylic acids is 1. The molecule has 0 fully saturated rings. The van der Waals surface area contributed by atoms with Gasteiger partial charge in [0.15, 0.2) is 0 Å². The number of amides is 1. The number of anilines is 1. The topological polar surface area (TPSA) is 75.6 Å². The maximum atomic E-state index is 11.6. The lowest BCUT2D eigenvalue weighted by molar-refractivity contribution is -0.115. The van der Waals surface area contributed by atoms with E-state index < -0.39 is 5.97 Å². The van der Waals surface area contributed by atoms with Gasteiger partial charge in [0.05, 0.1) is 18.4 Å². The first-order chi connectivity index (χ1) is 8.58. The van der Waals surface area contributed by atoms with E-state index in [9.17, 15) is 9.59 Å². The summed E-state index contributed by atoms with van der Waals surface area (Å²) in [6.45, 7) is 0. The van der Waals surface area contributed by atoms with Crippen LogP contribution in [0.25, 0.3) is 0 Å². The fourth-order valence-corrected chi connectivity index (χ4v) is 1.73. The summed E-state index contributed by atoms with van der Waals surface area (Å²) in [5.41, 5.74) is 0.307. The van der Waals surface area contributed by atoms with Crippen molar-refractivity contribution in [2.45, 2.75) is 6.42 Å². The van der Waals surface area contributed by atoms with E-state index in [1.54, 1.807) is 17.8 Å². The van der Waals surface area contributed by atoms with Crippen LogP contribution < -0.4 is 10.1 Å². The number of methoxy groups -OCH3 is 1. The molecule has 0 unspecified atom stereocenters. The number of hydrogen-bond acceptors (Lipinski definition) is 4. The van der Waals surface area contributed by atoms with Crippen LogP contribution in [0, 0.1) is 0 Å². The quantitative estimate of drug-likeness (QED) is 0.827. The Hall–Kier alpha value is -1.69. The maximum Gasteiger partial charge on any atom is 0.337 e. The van der Waals surface area contributed by atoms with Gasteiger partial charge in [0.1, 0.15) is 5.75 Å². The van der Waals surface area contributed by atoms with Gasteiger partial charge in [0, 0.05) is 12.2 Å². The van der Waals surface area contributed by atoms with Gasteiger partial charge in [-0.05, 0) is 24.5 Å². The third-order valence-corrected chi connectivity index (χ3v) is 2.88. The molecule has 18 heavy (non-hydrogen) atoms. The van der Waals surface area contributed by atoms with Crippen LogP contribution in [0.15, 0.2) is 18.2 Å². The van der Waals surface area contributed by atoms with Crippen molar-refractivity contribution in [1.29, 1.82) is 0 Å². The number of carboxylic acid groups (broad SMARTS) is 1. The first kappa shape index (κ1) is 14.4. The highest BCUT2D eigenvalue weighted by Gasteiger charge is 2.13. The van der Waals surface area contributed by atoms with Crippen molar-refractivity contribution in [3.8, 4) is 5.75 Å². The van der Waals surface area contributed by atoms with Crippen molar-refractivity contribution in [3.63, 3.8) is 0 Å². The van der Waals surface area contributed by atoms with Gasteiger partial charge in [-0.25, -0.2) is 4.79 Å². The van der Waals surface area contributed by atoms with E-state index in [-0.39, 0.29) is 17.2 Å². The Morgan fingerprint density at radius 3 is 2.72 bits per heavy atom. The minimum absolute atomic E-state index is 0.0202. The monoisotopic (exact) mass is 269 g/mol. The summed E-state index contributed by atoms with van der Waals surface area (Å²) in [7, 11) is 1.46. The molecule has 1 aromatic carbocycles. The first-order valence-corrected chi connectivity index (χ1v) is 6.68. The maximum absolute atomic E-state index is 11.6.